The Bertz CT molecular complexity index is 660. The van der Waals surface area contributed by atoms with Gasteiger partial charge in [-0.15, -0.1) is 6.58 Å². The highest BCUT2D eigenvalue weighted by atomic mass is 14.3. The van der Waals surface area contributed by atoms with Crippen molar-refractivity contribution in [1.82, 2.24) is 0 Å². The SMILES string of the molecule is C=CC(C)(C)c1ccc(C)cc1C(C)(C)C.Cc1ccccc1C. The predicted molar refractivity (Wildman–Crippen MR) is 109 cm³/mol. The summed E-state index contributed by atoms with van der Waals surface area (Å²) >= 11 is 0. The lowest BCUT2D eigenvalue weighted by Gasteiger charge is -2.31. The first-order valence-corrected chi connectivity index (χ1v) is 8.76. The summed E-state index contributed by atoms with van der Waals surface area (Å²) < 4.78 is 0. The van der Waals surface area contributed by atoms with Crippen LogP contribution in [0, 0.1) is 20.8 Å². The molecule has 2 aromatic carbocycles. The van der Waals surface area contributed by atoms with Gasteiger partial charge in [0, 0.05) is 5.41 Å². The molecule has 0 radical (unpaired) electrons. The summed E-state index contributed by atoms with van der Waals surface area (Å²) in [6, 6.07) is 15.1. The molecule has 130 valence electrons. The third-order valence-corrected chi connectivity index (χ3v) is 4.61. The number of hydrogen-bond acceptors (Lipinski definition) is 0. The molecular weight excluding hydrogens is 288 g/mol. The van der Waals surface area contributed by atoms with Gasteiger partial charge in [-0.3, -0.25) is 0 Å². The topological polar surface area (TPSA) is 0 Å². The Morgan fingerprint density at radius 1 is 0.750 bits per heavy atom. The fourth-order valence-corrected chi connectivity index (χ4v) is 2.61. The molecule has 0 aromatic heterocycles. The molecule has 0 aliphatic carbocycles. The van der Waals surface area contributed by atoms with Gasteiger partial charge < -0.3 is 0 Å². The van der Waals surface area contributed by atoms with Gasteiger partial charge in [0.25, 0.3) is 0 Å². The fraction of sp³-hybridized carbons (Fsp3) is 0.417. The molecule has 0 nitrogen and oxygen atoms in total. The summed E-state index contributed by atoms with van der Waals surface area (Å²) in [5, 5.41) is 0. The minimum Gasteiger partial charge on any atom is -0.102 e. The summed E-state index contributed by atoms with van der Waals surface area (Å²) in [6.45, 7) is 21.6. The molecule has 0 unspecified atom stereocenters. The number of aryl methyl sites for hydroxylation is 3. The van der Waals surface area contributed by atoms with Crippen molar-refractivity contribution in [1.29, 1.82) is 0 Å². The maximum atomic E-state index is 3.95. The van der Waals surface area contributed by atoms with Gasteiger partial charge >= 0.3 is 0 Å². The third-order valence-electron chi connectivity index (χ3n) is 4.61. The molecule has 0 heterocycles. The van der Waals surface area contributed by atoms with Crippen molar-refractivity contribution in [2.24, 2.45) is 0 Å². The second-order valence-corrected chi connectivity index (χ2v) is 8.31. The van der Waals surface area contributed by atoms with E-state index in [2.05, 4.69) is 104 Å². The van der Waals surface area contributed by atoms with E-state index in [-0.39, 0.29) is 10.8 Å². The van der Waals surface area contributed by atoms with Crippen molar-refractivity contribution in [3.8, 4) is 0 Å². The Balaban J connectivity index is 0.000000300. The highest BCUT2D eigenvalue weighted by Gasteiger charge is 2.25. The van der Waals surface area contributed by atoms with E-state index in [0.717, 1.165) is 0 Å². The monoisotopic (exact) mass is 322 g/mol. The van der Waals surface area contributed by atoms with Gasteiger partial charge in [-0.2, -0.15) is 0 Å². The quantitative estimate of drug-likeness (QED) is 0.519. The summed E-state index contributed by atoms with van der Waals surface area (Å²) in [5.74, 6) is 0. The zero-order chi connectivity index (χ0) is 18.5. The number of allylic oxidation sites excluding steroid dienone is 1. The first kappa shape index (κ1) is 20.2. The van der Waals surface area contributed by atoms with Crippen LogP contribution in [0.1, 0.15) is 62.4 Å². The van der Waals surface area contributed by atoms with Crippen LogP contribution in [0.2, 0.25) is 0 Å². The van der Waals surface area contributed by atoms with Crippen LogP contribution in [0.3, 0.4) is 0 Å². The van der Waals surface area contributed by atoms with Crippen LogP contribution >= 0.6 is 0 Å². The Morgan fingerprint density at radius 2 is 1.25 bits per heavy atom. The first-order chi connectivity index (χ1) is 11.0. The standard InChI is InChI=1S/C16H24.C8H10/c1-8-16(6,7)13-10-9-12(2)11-14(13)15(3,4)5;1-7-5-3-4-6-8(7)2/h8-11H,1H2,2-7H3;3-6H,1-2H3. The van der Waals surface area contributed by atoms with Gasteiger partial charge in [0.15, 0.2) is 0 Å². The zero-order valence-corrected chi connectivity index (χ0v) is 16.8. The highest BCUT2D eigenvalue weighted by molar-refractivity contribution is 5.42. The van der Waals surface area contributed by atoms with E-state index in [0.29, 0.717) is 0 Å². The Morgan fingerprint density at radius 3 is 1.62 bits per heavy atom. The highest BCUT2D eigenvalue weighted by Crippen LogP contribution is 2.35. The van der Waals surface area contributed by atoms with E-state index in [1.807, 2.05) is 6.08 Å². The summed E-state index contributed by atoms with van der Waals surface area (Å²) in [4.78, 5) is 0. The van der Waals surface area contributed by atoms with Crippen molar-refractivity contribution in [2.75, 3.05) is 0 Å². The lowest BCUT2D eigenvalue weighted by atomic mass is 9.74. The zero-order valence-electron chi connectivity index (χ0n) is 16.8. The van der Waals surface area contributed by atoms with Crippen LogP contribution in [-0.4, -0.2) is 0 Å². The molecule has 2 rings (SSSR count). The molecule has 0 aliphatic heterocycles. The molecule has 0 saturated heterocycles. The Hall–Kier alpha value is -1.82. The second kappa shape index (κ2) is 7.83. The second-order valence-electron chi connectivity index (χ2n) is 8.31. The van der Waals surface area contributed by atoms with Crippen LogP contribution in [0.5, 0.6) is 0 Å². The molecule has 0 atom stereocenters. The van der Waals surface area contributed by atoms with Crippen molar-refractivity contribution in [3.63, 3.8) is 0 Å². The van der Waals surface area contributed by atoms with Crippen molar-refractivity contribution in [3.05, 3.63) is 82.9 Å². The van der Waals surface area contributed by atoms with Crippen LogP contribution in [0.4, 0.5) is 0 Å². The summed E-state index contributed by atoms with van der Waals surface area (Å²) in [7, 11) is 0. The Labute approximate surface area is 149 Å². The van der Waals surface area contributed by atoms with Crippen molar-refractivity contribution in [2.45, 2.75) is 66.2 Å². The van der Waals surface area contributed by atoms with Crippen LogP contribution in [0.15, 0.2) is 55.1 Å². The number of hydrogen-bond donors (Lipinski definition) is 0. The summed E-state index contributed by atoms with van der Waals surface area (Å²) in [5.41, 5.74) is 7.10. The van der Waals surface area contributed by atoms with E-state index in [9.17, 15) is 0 Å². The molecule has 0 bridgehead atoms. The van der Waals surface area contributed by atoms with Crippen molar-refractivity contribution < 1.29 is 0 Å². The normalized spacial score (nSPS) is 11.5. The third kappa shape index (κ3) is 5.37. The van der Waals surface area contributed by atoms with Crippen LogP contribution in [0.25, 0.3) is 0 Å². The van der Waals surface area contributed by atoms with Gasteiger partial charge in [0.1, 0.15) is 0 Å². The van der Waals surface area contributed by atoms with Gasteiger partial charge in [-0.1, -0.05) is 88.7 Å². The molecule has 0 fully saturated rings. The average molecular weight is 323 g/mol. The van der Waals surface area contributed by atoms with E-state index < -0.39 is 0 Å². The van der Waals surface area contributed by atoms with E-state index in [1.165, 1.54) is 27.8 Å². The maximum Gasteiger partial charge on any atom is 0.00756 e. The van der Waals surface area contributed by atoms with Gasteiger partial charge in [0.2, 0.25) is 0 Å². The smallest absolute Gasteiger partial charge is 0.00756 e. The summed E-state index contributed by atoms with van der Waals surface area (Å²) in [6.07, 6.45) is 2.03. The molecule has 0 heteroatoms. The molecule has 0 spiro atoms. The molecule has 0 aliphatic rings. The van der Waals surface area contributed by atoms with E-state index in [1.54, 1.807) is 0 Å². The molecule has 0 N–H and O–H groups in total. The lowest BCUT2D eigenvalue weighted by Crippen LogP contribution is -2.22. The number of benzene rings is 2. The number of rotatable bonds is 2. The van der Waals surface area contributed by atoms with E-state index in [4.69, 9.17) is 0 Å². The fourth-order valence-electron chi connectivity index (χ4n) is 2.61. The molecule has 24 heavy (non-hydrogen) atoms. The molecule has 2 aromatic rings. The van der Waals surface area contributed by atoms with E-state index >= 15 is 0 Å². The molecule has 0 amide bonds. The molecule has 0 saturated carbocycles. The van der Waals surface area contributed by atoms with Gasteiger partial charge in [0.05, 0.1) is 0 Å². The van der Waals surface area contributed by atoms with Crippen molar-refractivity contribution >= 4 is 0 Å². The average Bonchev–Trinajstić information content (AvgIpc) is 2.50. The van der Waals surface area contributed by atoms with Gasteiger partial charge in [-0.05, 0) is 48.4 Å². The first-order valence-electron chi connectivity index (χ1n) is 8.76. The maximum absolute atomic E-state index is 3.95. The van der Waals surface area contributed by atoms with Gasteiger partial charge in [-0.25, -0.2) is 0 Å². The largest absolute Gasteiger partial charge is 0.102 e. The minimum atomic E-state index is 0.0380. The predicted octanol–water partition coefficient (Wildman–Crippen LogP) is 7.06. The lowest BCUT2D eigenvalue weighted by molar-refractivity contribution is 0.556. The Kier molecular flexibility index (Phi) is 6.60. The van der Waals surface area contributed by atoms with Crippen LogP contribution in [-0.2, 0) is 10.8 Å². The minimum absolute atomic E-state index is 0.0380. The molecular formula is C24H34. The van der Waals surface area contributed by atoms with Crippen LogP contribution < -0.4 is 0 Å².